The van der Waals surface area contributed by atoms with E-state index in [2.05, 4.69) is 21.2 Å². The molecule has 7 nitrogen and oxygen atoms in total. The summed E-state index contributed by atoms with van der Waals surface area (Å²) in [6.07, 6.45) is 1.37. The van der Waals surface area contributed by atoms with E-state index >= 15 is 0 Å². The van der Waals surface area contributed by atoms with Gasteiger partial charge >= 0.3 is 0 Å². The number of sulfonamides is 1. The van der Waals surface area contributed by atoms with Crippen LogP contribution >= 0.6 is 39.1 Å². The van der Waals surface area contributed by atoms with E-state index in [0.29, 0.717) is 34.3 Å². The van der Waals surface area contributed by atoms with Crippen LogP contribution in [0.5, 0.6) is 0 Å². The molecule has 1 atom stereocenters. The van der Waals surface area contributed by atoms with Crippen molar-refractivity contribution < 1.29 is 18.0 Å². The molecule has 2 aromatic rings. The van der Waals surface area contributed by atoms with Gasteiger partial charge in [-0.3, -0.25) is 13.9 Å². The molecule has 0 spiro atoms. The van der Waals surface area contributed by atoms with Gasteiger partial charge < -0.3 is 10.2 Å². The van der Waals surface area contributed by atoms with Crippen LogP contribution in [0.15, 0.2) is 46.9 Å². The Kier molecular flexibility index (Phi) is 10.9. The highest BCUT2D eigenvalue weighted by molar-refractivity contribution is 9.10. The molecular formula is C24H30BrCl2N3O4S. The number of hydrogen-bond acceptors (Lipinski definition) is 4. The second kappa shape index (κ2) is 12.9. The van der Waals surface area contributed by atoms with E-state index in [-0.39, 0.29) is 18.4 Å². The molecule has 0 fully saturated rings. The Morgan fingerprint density at radius 2 is 1.71 bits per heavy atom. The third kappa shape index (κ3) is 8.66. The molecule has 0 bridgehead atoms. The summed E-state index contributed by atoms with van der Waals surface area (Å²) >= 11 is 15.7. The lowest BCUT2D eigenvalue weighted by Gasteiger charge is -2.33. The molecule has 2 amide bonds. The first-order chi connectivity index (χ1) is 16.3. The molecule has 0 aliphatic heterocycles. The van der Waals surface area contributed by atoms with Gasteiger partial charge in [0.2, 0.25) is 21.8 Å². The SMILES string of the molecule is CC[C@H](C(=O)NCC(C)C)N(Cc1ccc(Cl)cc1Cl)C(=O)CN(c1ccc(Br)cc1)S(C)(=O)=O. The van der Waals surface area contributed by atoms with Crippen LogP contribution in [-0.2, 0) is 26.2 Å². The van der Waals surface area contributed by atoms with Crippen molar-refractivity contribution in [1.82, 2.24) is 10.2 Å². The van der Waals surface area contributed by atoms with Gasteiger partial charge in [0.05, 0.1) is 11.9 Å². The molecule has 192 valence electrons. The van der Waals surface area contributed by atoms with Crippen LogP contribution in [0.1, 0.15) is 32.8 Å². The summed E-state index contributed by atoms with van der Waals surface area (Å²) in [5, 5.41) is 3.66. The van der Waals surface area contributed by atoms with Crippen molar-refractivity contribution in [3.05, 3.63) is 62.5 Å². The maximum atomic E-state index is 13.6. The van der Waals surface area contributed by atoms with Crippen molar-refractivity contribution in [2.75, 3.05) is 23.7 Å². The second-order valence-electron chi connectivity index (χ2n) is 8.57. The predicted octanol–water partition coefficient (Wildman–Crippen LogP) is 5.10. The molecule has 1 N–H and O–H groups in total. The number of benzene rings is 2. The molecule has 35 heavy (non-hydrogen) atoms. The zero-order valence-corrected chi connectivity index (χ0v) is 24.0. The zero-order valence-electron chi connectivity index (χ0n) is 20.1. The number of anilines is 1. The van der Waals surface area contributed by atoms with Crippen LogP contribution in [-0.4, -0.2) is 50.5 Å². The molecular weight excluding hydrogens is 577 g/mol. The molecule has 0 saturated heterocycles. The van der Waals surface area contributed by atoms with Gasteiger partial charge in [-0.15, -0.1) is 0 Å². The Morgan fingerprint density at radius 3 is 2.23 bits per heavy atom. The van der Waals surface area contributed by atoms with E-state index < -0.39 is 28.5 Å². The van der Waals surface area contributed by atoms with Gasteiger partial charge in [-0.1, -0.05) is 66.0 Å². The van der Waals surface area contributed by atoms with Crippen molar-refractivity contribution >= 4 is 66.7 Å². The van der Waals surface area contributed by atoms with Gasteiger partial charge in [-0.05, 0) is 54.3 Å². The minimum absolute atomic E-state index is 0.0143. The Labute approximate surface area is 225 Å². The molecule has 0 aliphatic carbocycles. The van der Waals surface area contributed by atoms with Crippen molar-refractivity contribution in [2.45, 2.75) is 39.8 Å². The van der Waals surface area contributed by atoms with Gasteiger partial charge in [0.1, 0.15) is 12.6 Å². The quantitative estimate of drug-likeness (QED) is 0.385. The Morgan fingerprint density at radius 1 is 1.09 bits per heavy atom. The number of carbonyl (C=O) groups excluding carboxylic acids is 2. The van der Waals surface area contributed by atoms with Gasteiger partial charge in [0, 0.05) is 27.6 Å². The lowest BCUT2D eigenvalue weighted by atomic mass is 10.1. The minimum atomic E-state index is -3.79. The van der Waals surface area contributed by atoms with E-state index in [4.69, 9.17) is 23.2 Å². The van der Waals surface area contributed by atoms with E-state index in [1.165, 1.54) is 4.90 Å². The smallest absolute Gasteiger partial charge is 0.244 e. The van der Waals surface area contributed by atoms with Gasteiger partial charge in [0.25, 0.3) is 0 Å². The number of hydrogen-bond donors (Lipinski definition) is 1. The molecule has 0 saturated carbocycles. The fourth-order valence-corrected chi connectivity index (χ4v) is 4.98. The van der Waals surface area contributed by atoms with Crippen LogP contribution in [0.3, 0.4) is 0 Å². The Bertz CT molecular complexity index is 1140. The fraction of sp³-hybridized carbons (Fsp3) is 0.417. The summed E-state index contributed by atoms with van der Waals surface area (Å²) in [5.41, 5.74) is 0.930. The molecule has 0 radical (unpaired) electrons. The maximum Gasteiger partial charge on any atom is 0.244 e. The summed E-state index contributed by atoms with van der Waals surface area (Å²) in [6.45, 7) is 5.74. The third-order valence-corrected chi connectivity index (χ3v) is 7.48. The standard InChI is InChI=1S/C24H30BrCl2N3O4S/c1-5-22(24(32)28-13-16(2)3)29(14-17-6-9-19(26)12-21(17)27)23(31)15-30(35(4,33)34)20-10-7-18(25)8-11-20/h6-12,16,22H,5,13-15H2,1-4H3,(H,28,32)/t22-/m1/s1. The van der Waals surface area contributed by atoms with E-state index in [1.807, 2.05) is 13.8 Å². The normalized spacial score (nSPS) is 12.3. The highest BCUT2D eigenvalue weighted by Gasteiger charge is 2.32. The van der Waals surface area contributed by atoms with Gasteiger partial charge in [-0.25, -0.2) is 8.42 Å². The average Bonchev–Trinajstić information content (AvgIpc) is 2.77. The van der Waals surface area contributed by atoms with Crippen molar-refractivity contribution in [3.8, 4) is 0 Å². The number of rotatable bonds is 11. The van der Waals surface area contributed by atoms with E-state index in [1.54, 1.807) is 49.4 Å². The molecule has 2 rings (SSSR count). The third-order valence-electron chi connectivity index (χ3n) is 5.22. The largest absolute Gasteiger partial charge is 0.354 e. The minimum Gasteiger partial charge on any atom is -0.354 e. The average molecular weight is 607 g/mol. The van der Waals surface area contributed by atoms with Crippen LogP contribution in [0, 0.1) is 5.92 Å². The molecule has 0 aliphatic rings. The summed E-state index contributed by atoms with van der Waals surface area (Å²) < 4.78 is 27.0. The Hall–Kier alpha value is -1.81. The Balaban J connectivity index is 2.44. The molecule has 11 heteroatoms. The molecule has 0 aromatic heterocycles. The number of halogens is 3. The fourth-order valence-electron chi connectivity index (χ4n) is 3.40. The van der Waals surface area contributed by atoms with Crippen molar-refractivity contribution in [3.63, 3.8) is 0 Å². The van der Waals surface area contributed by atoms with Crippen LogP contribution < -0.4 is 9.62 Å². The first-order valence-corrected chi connectivity index (χ1v) is 14.5. The van der Waals surface area contributed by atoms with Crippen LogP contribution in [0.4, 0.5) is 5.69 Å². The molecule has 0 heterocycles. The van der Waals surface area contributed by atoms with Crippen molar-refractivity contribution in [1.29, 1.82) is 0 Å². The summed E-state index contributed by atoms with van der Waals surface area (Å²) in [5.74, 6) is -0.616. The first-order valence-electron chi connectivity index (χ1n) is 11.1. The lowest BCUT2D eigenvalue weighted by molar-refractivity contribution is -0.140. The predicted molar refractivity (Wildman–Crippen MR) is 145 cm³/mol. The number of nitrogens with one attached hydrogen (secondary N) is 1. The first kappa shape index (κ1) is 29.4. The maximum absolute atomic E-state index is 13.6. The van der Waals surface area contributed by atoms with E-state index in [9.17, 15) is 18.0 Å². The zero-order chi connectivity index (χ0) is 26.3. The van der Waals surface area contributed by atoms with Gasteiger partial charge in [-0.2, -0.15) is 0 Å². The van der Waals surface area contributed by atoms with Gasteiger partial charge in [0.15, 0.2) is 0 Å². The number of carbonyl (C=O) groups is 2. The molecule has 0 unspecified atom stereocenters. The second-order valence-corrected chi connectivity index (χ2v) is 12.2. The highest BCUT2D eigenvalue weighted by Crippen LogP contribution is 2.25. The van der Waals surface area contributed by atoms with E-state index in [0.717, 1.165) is 15.0 Å². The van der Waals surface area contributed by atoms with Crippen LogP contribution in [0.2, 0.25) is 10.0 Å². The van der Waals surface area contributed by atoms with Crippen LogP contribution in [0.25, 0.3) is 0 Å². The lowest BCUT2D eigenvalue weighted by Crippen LogP contribution is -2.52. The molecule has 2 aromatic carbocycles. The summed E-state index contributed by atoms with van der Waals surface area (Å²) in [4.78, 5) is 28.1. The summed E-state index contributed by atoms with van der Waals surface area (Å²) in [7, 11) is -3.79. The number of amides is 2. The summed E-state index contributed by atoms with van der Waals surface area (Å²) in [6, 6.07) is 10.7. The number of nitrogens with zero attached hydrogens (tertiary/aromatic N) is 2. The van der Waals surface area contributed by atoms with Crippen molar-refractivity contribution in [2.24, 2.45) is 5.92 Å². The highest BCUT2D eigenvalue weighted by atomic mass is 79.9. The topological polar surface area (TPSA) is 86.8 Å². The monoisotopic (exact) mass is 605 g/mol.